The first kappa shape index (κ1) is 21.0. The van der Waals surface area contributed by atoms with E-state index in [4.69, 9.17) is 19.9 Å². The van der Waals surface area contributed by atoms with Crippen LogP contribution in [0.4, 0.5) is 0 Å². The molecule has 8 nitrogen and oxygen atoms in total. The molecule has 2 heterocycles. The fourth-order valence-electron chi connectivity index (χ4n) is 3.76. The van der Waals surface area contributed by atoms with E-state index in [9.17, 15) is 10.1 Å². The van der Waals surface area contributed by atoms with Gasteiger partial charge in [-0.3, -0.25) is 5.10 Å². The van der Waals surface area contributed by atoms with Gasteiger partial charge in [0.25, 0.3) is 0 Å². The molecule has 1 atom stereocenters. The first-order valence-electron chi connectivity index (χ1n) is 10.2. The highest BCUT2D eigenvalue weighted by atomic mass is 16.6. The summed E-state index contributed by atoms with van der Waals surface area (Å²) >= 11 is 0. The van der Waals surface area contributed by atoms with Gasteiger partial charge in [-0.2, -0.15) is 5.26 Å². The average Bonchev–Trinajstić information content (AvgIpc) is 3.21. The molecule has 162 valence electrons. The van der Waals surface area contributed by atoms with Gasteiger partial charge in [-0.1, -0.05) is 37.6 Å². The summed E-state index contributed by atoms with van der Waals surface area (Å²) in [4.78, 5) is 12.5. The lowest BCUT2D eigenvalue weighted by molar-refractivity contribution is 0.0729. The van der Waals surface area contributed by atoms with E-state index in [-0.39, 0.29) is 17.2 Å². The molecule has 0 radical (unpaired) electrons. The molecular weight excluding hydrogens is 408 g/mol. The summed E-state index contributed by atoms with van der Waals surface area (Å²) < 4.78 is 16.6. The number of methoxy groups -OCH3 is 1. The molecule has 0 saturated heterocycles. The van der Waals surface area contributed by atoms with E-state index >= 15 is 0 Å². The van der Waals surface area contributed by atoms with Gasteiger partial charge in [-0.05, 0) is 36.2 Å². The number of nitrogens with one attached hydrogen (secondary N) is 1. The van der Waals surface area contributed by atoms with E-state index in [1.165, 1.54) is 7.11 Å². The number of benzene rings is 2. The van der Waals surface area contributed by atoms with Crippen LogP contribution in [-0.4, -0.2) is 23.3 Å². The molecule has 0 spiro atoms. The molecule has 32 heavy (non-hydrogen) atoms. The lowest BCUT2D eigenvalue weighted by Gasteiger charge is -2.24. The second kappa shape index (κ2) is 8.86. The maximum atomic E-state index is 12.5. The van der Waals surface area contributed by atoms with E-state index in [2.05, 4.69) is 23.2 Å². The van der Waals surface area contributed by atoms with Crippen LogP contribution in [0.25, 0.3) is 0 Å². The van der Waals surface area contributed by atoms with Gasteiger partial charge in [-0.25, -0.2) is 4.79 Å². The van der Waals surface area contributed by atoms with Crippen LogP contribution >= 0.6 is 0 Å². The van der Waals surface area contributed by atoms with Gasteiger partial charge in [0.1, 0.15) is 11.6 Å². The van der Waals surface area contributed by atoms with Gasteiger partial charge in [0.2, 0.25) is 11.8 Å². The number of hydrogen-bond acceptors (Lipinski definition) is 7. The predicted octanol–water partition coefficient (Wildman–Crippen LogP) is 3.81. The van der Waals surface area contributed by atoms with Crippen molar-refractivity contribution in [1.82, 2.24) is 10.2 Å². The zero-order valence-corrected chi connectivity index (χ0v) is 17.7. The molecule has 4 rings (SSSR count). The van der Waals surface area contributed by atoms with Crippen molar-refractivity contribution in [3.8, 4) is 23.4 Å². The van der Waals surface area contributed by atoms with Crippen molar-refractivity contribution in [3.05, 3.63) is 82.4 Å². The Balaban J connectivity index is 1.74. The van der Waals surface area contributed by atoms with Gasteiger partial charge in [0.05, 0.1) is 18.6 Å². The number of hydrogen-bond donors (Lipinski definition) is 2. The van der Waals surface area contributed by atoms with Crippen LogP contribution in [0.15, 0.2) is 60.0 Å². The highest BCUT2D eigenvalue weighted by molar-refractivity contribution is 5.91. The molecule has 0 unspecified atom stereocenters. The number of esters is 1. The molecule has 3 N–H and O–H groups in total. The zero-order chi connectivity index (χ0) is 22.7. The Labute approximate surface area is 185 Å². The smallest absolute Gasteiger partial charge is 0.343 e. The highest BCUT2D eigenvalue weighted by Crippen LogP contribution is 2.44. The van der Waals surface area contributed by atoms with Crippen LogP contribution in [0.5, 0.6) is 17.4 Å². The molecule has 1 aliphatic heterocycles. The number of rotatable bonds is 6. The van der Waals surface area contributed by atoms with Gasteiger partial charge in [-0.15, -0.1) is 5.10 Å². The number of H-pyrrole nitrogens is 1. The number of aromatic nitrogens is 2. The Morgan fingerprint density at radius 2 is 2.03 bits per heavy atom. The topological polar surface area (TPSA) is 123 Å². The Hall–Kier alpha value is -4.25. The van der Waals surface area contributed by atoms with E-state index in [1.54, 1.807) is 42.5 Å². The van der Waals surface area contributed by atoms with Crippen LogP contribution in [0.2, 0.25) is 0 Å². The first-order chi connectivity index (χ1) is 15.6. The maximum absolute atomic E-state index is 12.5. The molecule has 3 aromatic rings. The van der Waals surface area contributed by atoms with E-state index in [1.807, 2.05) is 6.07 Å². The largest absolute Gasteiger partial charge is 0.493 e. The molecule has 0 fully saturated rings. The molecule has 0 bridgehead atoms. The highest BCUT2D eigenvalue weighted by Gasteiger charge is 2.35. The minimum atomic E-state index is -0.494. The van der Waals surface area contributed by atoms with Gasteiger partial charge in [0.15, 0.2) is 11.5 Å². The summed E-state index contributed by atoms with van der Waals surface area (Å²) in [6.07, 6.45) is 1.63. The summed E-state index contributed by atoms with van der Waals surface area (Å²) in [7, 11) is 1.49. The Morgan fingerprint density at radius 3 is 2.72 bits per heavy atom. The van der Waals surface area contributed by atoms with E-state index in [0.29, 0.717) is 17.2 Å². The predicted molar refractivity (Wildman–Crippen MR) is 116 cm³/mol. The van der Waals surface area contributed by atoms with Crippen molar-refractivity contribution in [2.45, 2.75) is 25.7 Å². The second-order valence-corrected chi connectivity index (χ2v) is 7.26. The number of carbonyl (C=O) groups is 1. The summed E-state index contributed by atoms with van der Waals surface area (Å²) in [5.74, 6) is 0.0142. The number of fused-ring (bicyclic) bond motifs is 1. The standard InChI is InChI=1S/C24H22N4O4/c1-3-7-17-21-20(16(13-25)22(26)32-23(21)28-27-17)15-10-11-18(19(12-15)30-2)31-24(29)14-8-5-4-6-9-14/h4-6,8-12,20H,3,7,26H2,1-2H3,(H,27,28)/t20-/m1/s1. The Kier molecular flexibility index (Phi) is 5.81. The Morgan fingerprint density at radius 1 is 1.25 bits per heavy atom. The number of aryl methyl sites for hydroxylation is 1. The minimum absolute atomic E-state index is 0.0121. The number of allylic oxidation sites excluding steroid dienone is 1. The van der Waals surface area contributed by atoms with Crippen molar-refractivity contribution in [2.75, 3.05) is 7.11 Å². The number of ether oxygens (including phenoxy) is 3. The normalized spacial score (nSPS) is 14.8. The fourth-order valence-corrected chi connectivity index (χ4v) is 3.76. The molecular formula is C24H22N4O4. The third kappa shape index (κ3) is 3.76. The Bertz CT molecular complexity index is 1220. The van der Waals surface area contributed by atoms with Crippen LogP contribution in [0.3, 0.4) is 0 Å². The molecule has 1 aromatic heterocycles. The molecule has 0 amide bonds. The number of carbonyl (C=O) groups excluding carboxylic acids is 1. The summed E-state index contributed by atoms with van der Waals surface area (Å²) in [5.41, 5.74) is 9.13. The monoisotopic (exact) mass is 430 g/mol. The number of aromatic amines is 1. The quantitative estimate of drug-likeness (QED) is 0.450. The molecule has 0 saturated carbocycles. The number of nitrogens with two attached hydrogens (primary N) is 1. The van der Waals surface area contributed by atoms with Crippen molar-refractivity contribution in [1.29, 1.82) is 5.26 Å². The molecule has 8 heteroatoms. The summed E-state index contributed by atoms with van der Waals surface area (Å²) in [5, 5.41) is 17.0. The molecule has 2 aromatic carbocycles. The van der Waals surface area contributed by atoms with Crippen LogP contribution in [0.1, 0.15) is 46.4 Å². The third-order valence-corrected chi connectivity index (χ3v) is 5.25. The van der Waals surface area contributed by atoms with Crippen molar-refractivity contribution in [2.24, 2.45) is 5.73 Å². The van der Waals surface area contributed by atoms with E-state index in [0.717, 1.165) is 29.7 Å². The van der Waals surface area contributed by atoms with Gasteiger partial charge in [0, 0.05) is 11.3 Å². The minimum Gasteiger partial charge on any atom is -0.493 e. The summed E-state index contributed by atoms with van der Waals surface area (Å²) in [6, 6.07) is 16.0. The fraction of sp³-hybridized carbons (Fsp3) is 0.208. The first-order valence-corrected chi connectivity index (χ1v) is 10.2. The SMILES string of the molecule is CCCc1[nH]nc2c1[C@H](c1ccc(OC(=O)c3ccccc3)c(OC)c1)C(C#N)=C(N)O2. The van der Waals surface area contributed by atoms with Crippen LogP contribution in [-0.2, 0) is 6.42 Å². The van der Waals surface area contributed by atoms with Gasteiger partial charge >= 0.3 is 5.97 Å². The third-order valence-electron chi connectivity index (χ3n) is 5.25. The molecule has 1 aliphatic rings. The van der Waals surface area contributed by atoms with E-state index < -0.39 is 11.9 Å². The second-order valence-electron chi connectivity index (χ2n) is 7.26. The van der Waals surface area contributed by atoms with Crippen LogP contribution in [0, 0.1) is 11.3 Å². The van der Waals surface area contributed by atoms with Gasteiger partial charge < -0.3 is 19.9 Å². The molecule has 0 aliphatic carbocycles. The number of nitriles is 1. The van der Waals surface area contributed by atoms with Crippen LogP contribution < -0.4 is 19.9 Å². The van der Waals surface area contributed by atoms with Crippen molar-refractivity contribution < 1.29 is 19.0 Å². The zero-order valence-electron chi connectivity index (χ0n) is 17.7. The lowest BCUT2D eigenvalue weighted by atomic mass is 9.83. The lowest BCUT2D eigenvalue weighted by Crippen LogP contribution is -2.21. The number of nitrogens with zero attached hydrogens (tertiary/aromatic N) is 2. The summed E-state index contributed by atoms with van der Waals surface area (Å²) in [6.45, 7) is 2.06. The average molecular weight is 430 g/mol. The maximum Gasteiger partial charge on any atom is 0.343 e. The van der Waals surface area contributed by atoms with Crippen molar-refractivity contribution >= 4 is 5.97 Å². The van der Waals surface area contributed by atoms with Crippen molar-refractivity contribution in [3.63, 3.8) is 0 Å².